The molecule has 0 heterocycles. The maximum Gasteiger partial charge on any atom is 0.343 e. The molecule has 0 fully saturated rings. The Kier molecular flexibility index (Phi) is 6.62. The topological polar surface area (TPSA) is 111 Å². The number of nitrogens with zero attached hydrogens (tertiary/aromatic N) is 1. The summed E-state index contributed by atoms with van der Waals surface area (Å²) in [7, 11) is 1.37. The number of nitrogens with one attached hydrogen (secondary N) is 2. The van der Waals surface area contributed by atoms with E-state index in [0.29, 0.717) is 0 Å². The van der Waals surface area contributed by atoms with Gasteiger partial charge in [0.25, 0.3) is 0 Å². The van der Waals surface area contributed by atoms with Crippen LogP contribution in [0.1, 0.15) is 22.8 Å². The maximum absolute atomic E-state index is 14.3. The number of benzene rings is 1. The lowest BCUT2D eigenvalue weighted by Gasteiger charge is -2.11. The van der Waals surface area contributed by atoms with Crippen molar-refractivity contribution in [2.45, 2.75) is 13.8 Å². The van der Waals surface area contributed by atoms with E-state index in [-0.39, 0.29) is 6.61 Å². The van der Waals surface area contributed by atoms with Crippen LogP contribution in [-0.2, 0) is 9.53 Å². The summed E-state index contributed by atoms with van der Waals surface area (Å²) < 4.78 is 46.4. The van der Waals surface area contributed by atoms with Gasteiger partial charge in [-0.15, -0.1) is 0 Å². The summed E-state index contributed by atoms with van der Waals surface area (Å²) in [4.78, 5) is 33.9. The SMILES string of the molecule is CCOC(=O)C(=CNNC)C(=O)c1c(F)c(C)c(F)c(F)c1[N+](=O)[O-]. The van der Waals surface area contributed by atoms with Crippen molar-refractivity contribution in [1.29, 1.82) is 0 Å². The van der Waals surface area contributed by atoms with E-state index in [9.17, 15) is 32.9 Å². The van der Waals surface area contributed by atoms with Crippen LogP contribution in [0.15, 0.2) is 11.8 Å². The number of nitro groups is 1. The molecule has 1 rings (SSSR count). The molecular weight excluding hydrogens is 347 g/mol. The minimum atomic E-state index is -2.00. The molecule has 0 aliphatic carbocycles. The Morgan fingerprint density at radius 3 is 2.32 bits per heavy atom. The molecule has 0 amide bonds. The highest BCUT2D eigenvalue weighted by atomic mass is 19.2. The summed E-state index contributed by atoms with van der Waals surface area (Å²) in [5.74, 6) is -8.21. The number of ether oxygens (including phenoxy) is 1. The molecule has 0 aromatic heterocycles. The first kappa shape index (κ1) is 20.1. The van der Waals surface area contributed by atoms with Crippen LogP contribution >= 0.6 is 0 Å². The molecule has 0 bridgehead atoms. The lowest BCUT2D eigenvalue weighted by atomic mass is 9.98. The van der Waals surface area contributed by atoms with Crippen LogP contribution in [0.5, 0.6) is 0 Å². The van der Waals surface area contributed by atoms with Crippen LogP contribution in [0.25, 0.3) is 0 Å². The predicted octanol–water partition coefficient (Wildman–Crippen LogP) is 1.67. The van der Waals surface area contributed by atoms with Crippen molar-refractivity contribution >= 4 is 17.4 Å². The summed E-state index contributed by atoms with van der Waals surface area (Å²) in [5.41, 5.74) is -0.267. The van der Waals surface area contributed by atoms with Crippen LogP contribution < -0.4 is 10.9 Å². The second kappa shape index (κ2) is 8.24. The quantitative estimate of drug-likeness (QED) is 0.111. The molecule has 0 saturated heterocycles. The Morgan fingerprint density at radius 1 is 1.24 bits per heavy atom. The fourth-order valence-electron chi connectivity index (χ4n) is 1.85. The highest BCUT2D eigenvalue weighted by Gasteiger charge is 2.37. The minimum absolute atomic E-state index is 0.148. The first-order valence-corrected chi connectivity index (χ1v) is 6.84. The molecule has 1 aromatic carbocycles. The zero-order valence-corrected chi connectivity index (χ0v) is 13.4. The van der Waals surface area contributed by atoms with E-state index in [2.05, 4.69) is 15.6 Å². The first-order valence-electron chi connectivity index (χ1n) is 6.84. The number of hydrogen-bond acceptors (Lipinski definition) is 7. The van der Waals surface area contributed by atoms with E-state index >= 15 is 0 Å². The molecule has 0 unspecified atom stereocenters. The minimum Gasteiger partial charge on any atom is -0.462 e. The molecule has 0 spiro atoms. The zero-order valence-electron chi connectivity index (χ0n) is 13.4. The van der Waals surface area contributed by atoms with Crippen LogP contribution in [0.2, 0.25) is 0 Å². The fourth-order valence-corrected chi connectivity index (χ4v) is 1.85. The first-order chi connectivity index (χ1) is 11.7. The number of rotatable bonds is 7. The van der Waals surface area contributed by atoms with Gasteiger partial charge in [-0.2, -0.15) is 4.39 Å². The summed E-state index contributed by atoms with van der Waals surface area (Å²) in [5, 5.41) is 11.0. The van der Waals surface area contributed by atoms with Crippen molar-refractivity contribution in [3.63, 3.8) is 0 Å². The molecule has 0 saturated carbocycles. The number of hydrazine groups is 1. The molecule has 136 valence electrons. The third kappa shape index (κ3) is 3.94. The highest BCUT2D eigenvalue weighted by Crippen LogP contribution is 2.32. The summed E-state index contributed by atoms with van der Waals surface area (Å²) in [6.45, 7) is 2.08. The molecule has 0 atom stereocenters. The van der Waals surface area contributed by atoms with Gasteiger partial charge >= 0.3 is 11.7 Å². The Bertz CT molecular complexity index is 765. The normalized spacial score (nSPS) is 11.2. The molecule has 0 aliphatic rings. The highest BCUT2D eigenvalue weighted by molar-refractivity contribution is 6.25. The molecule has 8 nitrogen and oxygen atoms in total. The van der Waals surface area contributed by atoms with Crippen molar-refractivity contribution in [3.8, 4) is 0 Å². The second-order valence-electron chi connectivity index (χ2n) is 4.55. The summed E-state index contributed by atoms with van der Waals surface area (Å²) >= 11 is 0. The van der Waals surface area contributed by atoms with Crippen LogP contribution in [-0.4, -0.2) is 30.3 Å². The molecular formula is C14H14F3N3O5. The number of carbonyl (C=O) groups is 2. The van der Waals surface area contributed by atoms with E-state index in [4.69, 9.17) is 0 Å². The van der Waals surface area contributed by atoms with Crippen molar-refractivity contribution in [2.75, 3.05) is 13.7 Å². The van der Waals surface area contributed by atoms with Crippen molar-refractivity contribution in [1.82, 2.24) is 10.9 Å². The van der Waals surface area contributed by atoms with Gasteiger partial charge in [0.05, 0.1) is 11.5 Å². The lowest BCUT2D eigenvalue weighted by molar-refractivity contribution is -0.388. The van der Waals surface area contributed by atoms with Gasteiger partial charge in [0.2, 0.25) is 11.6 Å². The maximum atomic E-state index is 14.3. The van der Waals surface area contributed by atoms with E-state index in [0.717, 1.165) is 13.1 Å². The number of esters is 1. The Hall–Kier alpha value is -2.95. The van der Waals surface area contributed by atoms with Gasteiger partial charge < -0.3 is 10.2 Å². The molecule has 0 aliphatic heterocycles. The van der Waals surface area contributed by atoms with E-state index < -0.39 is 56.5 Å². The molecule has 1 aromatic rings. The van der Waals surface area contributed by atoms with Gasteiger partial charge in [-0.25, -0.2) is 19.0 Å². The number of hydrogen-bond donors (Lipinski definition) is 2. The molecule has 2 N–H and O–H groups in total. The number of carbonyl (C=O) groups excluding carboxylic acids is 2. The zero-order chi connectivity index (χ0) is 19.3. The number of ketones is 1. The average molecular weight is 361 g/mol. The molecule has 0 radical (unpaired) electrons. The molecule has 11 heteroatoms. The van der Waals surface area contributed by atoms with Crippen LogP contribution in [0, 0.1) is 34.5 Å². The smallest absolute Gasteiger partial charge is 0.343 e. The number of nitro benzene ring substituents is 1. The van der Waals surface area contributed by atoms with Gasteiger partial charge in [-0.3, -0.25) is 14.9 Å². The van der Waals surface area contributed by atoms with Gasteiger partial charge in [-0.05, 0) is 13.8 Å². The van der Waals surface area contributed by atoms with E-state index in [1.54, 1.807) is 0 Å². The molecule has 25 heavy (non-hydrogen) atoms. The van der Waals surface area contributed by atoms with Crippen molar-refractivity contribution in [2.24, 2.45) is 0 Å². The second-order valence-corrected chi connectivity index (χ2v) is 4.55. The monoisotopic (exact) mass is 361 g/mol. The van der Waals surface area contributed by atoms with E-state index in [1.807, 2.05) is 0 Å². The fraction of sp³-hybridized carbons (Fsp3) is 0.286. The van der Waals surface area contributed by atoms with Gasteiger partial charge in [-0.1, -0.05) is 0 Å². The third-order valence-corrected chi connectivity index (χ3v) is 3.03. The van der Waals surface area contributed by atoms with Crippen LogP contribution in [0.4, 0.5) is 18.9 Å². The van der Waals surface area contributed by atoms with Crippen molar-refractivity contribution in [3.05, 3.63) is 50.5 Å². The standard InChI is InChI=1S/C14H14F3N3O5/c1-4-25-14(22)7(5-19-18-3)13(21)8-9(15)6(2)10(16)11(17)12(8)20(23)24/h5,18-19H,4H2,1-3H3. The van der Waals surface area contributed by atoms with Crippen LogP contribution in [0.3, 0.4) is 0 Å². The summed E-state index contributed by atoms with van der Waals surface area (Å²) in [6, 6.07) is 0. The van der Waals surface area contributed by atoms with Gasteiger partial charge in [0, 0.05) is 18.8 Å². The Labute approximate surface area is 139 Å². The average Bonchev–Trinajstić information content (AvgIpc) is 2.55. The largest absolute Gasteiger partial charge is 0.462 e. The summed E-state index contributed by atoms with van der Waals surface area (Å²) in [6.07, 6.45) is 0.764. The van der Waals surface area contributed by atoms with Gasteiger partial charge in [0.15, 0.2) is 5.82 Å². The predicted molar refractivity (Wildman–Crippen MR) is 78.9 cm³/mol. The third-order valence-electron chi connectivity index (χ3n) is 3.03. The number of halogens is 3. The Balaban J connectivity index is 3.69. The lowest BCUT2D eigenvalue weighted by Crippen LogP contribution is -2.27. The van der Waals surface area contributed by atoms with Gasteiger partial charge in [0.1, 0.15) is 17.0 Å². The van der Waals surface area contributed by atoms with E-state index in [1.165, 1.54) is 14.0 Å². The Morgan fingerprint density at radius 2 is 1.84 bits per heavy atom. The van der Waals surface area contributed by atoms with Crippen molar-refractivity contribution < 1.29 is 32.4 Å². The number of Topliss-reactive ketones (excluding diaryl/α,β-unsaturated/α-hetero) is 1.